The van der Waals surface area contributed by atoms with E-state index >= 15 is 0 Å². The number of rotatable bonds is 6. The lowest BCUT2D eigenvalue weighted by atomic mass is 10.1. The fourth-order valence-electron chi connectivity index (χ4n) is 2.33. The van der Waals surface area contributed by atoms with Crippen molar-refractivity contribution >= 4 is 15.7 Å². The van der Waals surface area contributed by atoms with E-state index in [9.17, 15) is 22.0 Å². The molecule has 0 unspecified atom stereocenters. The van der Waals surface area contributed by atoms with Gasteiger partial charge in [0.05, 0.1) is 15.7 Å². The minimum atomic E-state index is -3.60. The van der Waals surface area contributed by atoms with Crippen molar-refractivity contribution in [3.63, 3.8) is 0 Å². The third-order valence-electron chi connectivity index (χ3n) is 3.68. The molecule has 0 heterocycles. The molecular weight excluding hydrogens is 348 g/mol. The number of nitrogens with one attached hydrogen (secondary N) is 1. The van der Waals surface area contributed by atoms with Gasteiger partial charge in [0, 0.05) is 12.6 Å². The highest BCUT2D eigenvalue weighted by Gasteiger charge is 2.24. The third-order valence-corrected chi connectivity index (χ3v) is 5.89. The molecule has 2 aromatic carbocycles. The van der Waals surface area contributed by atoms with Crippen molar-refractivity contribution in [3.05, 3.63) is 65.2 Å². The smallest absolute Gasteiger partial charge is 0.252 e. The van der Waals surface area contributed by atoms with Crippen molar-refractivity contribution in [1.82, 2.24) is 5.32 Å². The number of carbonyl (C=O) groups is 1. The van der Waals surface area contributed by atoms with Crippen LogP contribution in [0.15, 0.2) is 47.4 Å². The first-order chi connectivity index (χ1) is 11.7. The Labute approximate surface area is 145 Å². The predicted octanol–water partition coefficient (Wildman–Crippen LogP) is 3.12. The molecule has 0 bridgehead atoms. The molecule has 0 radical (unpaired) electrons. The maximum absolute atomic E-state index is 13.1. The van der Waals surface area contributed by atoms with Crippen molar-refractivity contribution in [2.75, 3.05) is 6.54 Å². The van der Waals surface area contributed by atoms with Crippen LogP contribution in [0.1, 0.15) is 29.8 Å². The Bertz CT molecular complexity index is 859. The van der Waals surface area contributed by atoms with Gasteiger partial charge in [-0.05, 0) is 50.1 Å². The quantitative estimate of drug-likeness (QED) is 0.853. The molecule has 0 aliphatic carbocycles. The second kappa shape index (κ2) is 7.74. The van der Waals surface area contributed by atoms with Crippen LogP contribution in [0.3, 0.4) is 0 Å². The van der Waals surface area contributed by atoms with Crippen molar-refractivity contribution in [3.8, 4) is 0 Å². The monoisotopic (exact) mass is 367 g/mol. The molecule has 25 heavy (non-hydrogen) atoms. The molecule has 7 heteroatoms. The van der Waals surface area contributed by atoms with Gasteiger partial charge in [-0.25, -0.2) is 17.2 Å². The van der Waals surface area contributed by atoms with Gasteiger partial charge in [0.15, 0.2) is 9.84 Å². The van der Waals surface area contributed by atoms with Crippen molar-refractivity contribution in [2.24, 2.45) is 0 Å². The van der Waals surface area contributed by atoms with E-state index in [1.165, 1.54) is 24.3 Å². The van der Waals surface area contributed by atoms with Gasteiger partial charge in [-0.2, -0.15) is 0 Å². The van der Waals surface area contributed by atoms with Crippen molar-refractivity contribution in [1.29, 1.82) is 0 Å². The summed E-state index contributed by atoms with van der Waals surface area (Å²) in [4.78, 5) is 12.3. The molecule has 2 rings (SSSR count). The Hall–Kier alpha value is -2.28. The summed E-state index contributed by atoms with van der Waals surface area (Å²) in [5, 5.41) is 1.93. The van der Waals surface area contributed by atoms with Gasteiger partial charge in [-0.15, -0.1) is 0 Å². The second-order valence-electron chi connectivity index (χ2n) is 5.87. The van der Waals surface area contributed by atoms with E-state index in [1.807, 2.05) is 0 Å². The Balaban J connectivity index is 2.12. The predicted molar refractivity (Wildman–Crippen MR) is 91.2 cm³/mol. The molecule has 0 saturated carbocycles. The minimum Gasteiger partial charge on any atom is -0.352 e. The summed E-state index contributed by atoms with van der Waals surface area (Å²) in [6, 6.07) is 9.12. The van der Waals surface area contributed by atoms with Gasteiger partial charge in [-0.1, -0.05) is 12.1 Å². The van der Waals surface area contributed by atoms with Crippen LogP contribution in [0.25, 0.3) is 0 Å². The maximum atomic E-state index is 13.1. The molecule has 1 amide bonds. The Morgan fingerprint density at radius 2 is 1.68 bits per heavy atom. The first kappa shape index (κ1) is 19.1. The molecular formula is C18H19F2NO3S. The van der Waals surface area contributed by atoms with Gasteiger partial charge >= 0.3 is 0 Å². The van der Waals surface area contributed by atoms with E-state index in [2.05, 4.69) is 5.32 Å². The third kappa shape index (κ3) is 4.63. The zero-order valence-electron chi connectivity index (χ0n) is 13.9. The van der Waals surface area contributed by atoms with Gasteiger partial charge < -0.3 is 5.32 Å². The van der Waals surface area contributed by atoms with Gasteiger partial charge in [0.25, 0.3) is 5.91 Å². The van der Waals surface area contributed by atoms with Gasteiger partial charge in [-0.3, -0.25) is 4.79 Å². The SMILES string of the molecule is CC(C)S(=O)(=O)c1ccccc1C(=O)NCCc1cc(F)cc(F)c1. The number of sulfone groups is 1. The number of hydrogen-bond acceptors (Lipinski definition) is 3. The molecule has 0 saturated heterocycles. The second-order valence-corrected chi connectivity index (χ2v) is 8.35. The molecule has 0 aliphatic rings. The van der Waals surface area contributed by atoms with E-state index in [1.54, 1.807) is 26.0 Å². The summed E-state index contributed by atoms with van der Waals surface area (Å²) < 4.78 is 51.0. The Kier molecular flexibility index (Phi) is 5.89. The lowest BCUT2D eigenvalue weighted by Gasteiger charge is -2.13. The van der Waals surface area contributed by atoms with Crippen LogP contribution in [0.4, 0.5) is 8.78 Å². The first-order valence-corrected chi connectivity index (χ1v) is 9.32. The molecule has 0 atom stereocenters. The minimum absolute atomic E-state index is 0.0284. The Morgan fingerprint density at radius 3 is 2.28 bits per heavy atom. The fourth-order valence-corrected chi connectivity index (χ4v) is 3.57. The topological polar surface area (TPSA) is 63.2 Å². The van der Waals surface area contributed by atoms with E-state index in [0.717, 1.165) is 6.07 Å². The molecule has 0 aromatic heterocycles. The highest BCUT2D eigenvalue weighted by molar-refractivity contribution is 7.92. The van der Waals surface area contributed by atoms with Gasteiger partial charge in [0.2, 0.25) is 0 Å². The molecule has 4 nitrogen and oxygen atoms in total. The van der Waals surface area contributed by atoms with Gasteiger partial charge in [0.1, 0.15) is 11.6 Å². The number of hydrogen-bond donors (Lipinski definition) is 1. The van der Waals surface area contributed by atoms with Crippen LogP contribution in [0, 0.1) is 11.6 Å². The summed E-state index contributed by atoms with van der Waals surface area (Å²) in [6.45, 7) is 3.21. The molecule has 0 spiro atoms. The van der Waals surface area contributed by atoms with E-state index in [4.69, 9.17) is 0 Å². The van der Waals surface area contributed by atoms with E-state index in [-0.39, 0.29) is 23.4 Å². The van der Waals surface area contributed by atoms with Crippen molar-refractivity contribution < 1.29 is 22.0 Å². The molecule has 0 aliphatic heterocycles. The normalized spacial score (nSPS) is 11.6. The lowest BCUT2D eigenvalue weighted by molar-refractivity contribution is 0.0951. The summed E-state index contributed by atoms with van der Waals surface area (Å²) in [7, 11) is -3.60. The Morgan fingerprint density at radius 1 is 1.08 bits per heavy atom. The highest BCUT2D eigenvalue weighted by Crippen LogP contribution is 2.20. The highest BCUT2D eigenvalue weighted by atomic mass is 32.2. The number of halogens is 2. The van der Waals surface area contributed by atoms with Crippen LogP contribution in [-0.4, -0.2) is 26.1 Å². The zero-order chi connectivity index (χ0) is 18.6. The summed E-state index contributed by atoms with van der Waals surface area (Å²) in [6.07, 6.45) is 0.222. The number of benzene rings is 2. The number of amides is 1. The average molecular weight is 367 g/mol. The maximum Gasteiger partial charge on any atom is 0.252 e. The standard InChI is InChI=1S/C18H19F2NO3S/c1-12(2)25(23,24)17-6-4-3-5-16(17)18(22)21-8-7-13-9-14(19)11-15(20)10-13/h3-6,9-12H,7-8H2,1-2H3,(H,21,22). The lowest BCUT2D eigenvalue weighted by Crippen LogP contribution is -2.28. The molecule has 134 valence electrons. The summed E-state index contributed by atoms with van der Waals surface area (Å²) >= 11 is 0. The van der Waals surface area contributed by atoms with Crippen LogP contribution < -0.4 is 5.32 Å². The summed E-state index contributed by atoms with van der Waals surface area (Å²) in [5.41, 5.74) is 0.461. The zero-order valence-corrected chi connectivity index (χ0v) is 14.7. The first-order valence-electron chi connectivity index (χ1n) is 7.78. The largest absolute Gasteiger partial charge is 0.352 e. The van der Waals surface area contributed by atoms with Crippen LogP contribution in [0.2, 0.25) is 0 Å². The average Bonchev–Trinajstić information content (AvgIpc) is 2.53. The fraction of sp³-hybridized carbons (Fsp3) is 0.278. The van der Waals surface area contributed by atoms with Crippen LogP contribution in [-0.2, 0) is 16.3 Å². The molecule has 0 fully saturated rings. The van der Waals surface area contributed by atoms with E-state index in [0.29, 0.717) is 5.56 Å². The molecule has 1 N–H and O–H groups in total. The number of carbonyl (C=O) groups excluding carboxylic acids is 1. The van der Waals surface area contributed by atoms with Crippen molar-refractivity contribution in [2.45, 2.75) is 30.4 Å². The van der Waals surface area contributed by atoms with Crippen LogP contribution >= 0.6 is 0 Å². The molecule has 2 aromatic rings. The van der Waals surface area contributed by atoms with E-state index < -0.39 is 32.6 Å². The van der Waals surface area contributed by atoms with Crippen LogP contribution in [0.5, 0.6) is 0 Å². The summed E-state index contributed by atoms with van der Waals surface area (Å²) in [5.74, 6) is -1.92.